The molecule has 1 aliphatic carbocycles. The number of rotatable bonds is 4. The van der Waals surface area contributed by atoms with E-state index in [-0.39, 0.29) is 0 Å². The van der Waals surface area contributed by atoms with Crippen molar-refractivity contribution in [3.63, 3.8) is 0 Å². The van der Waals surface area contributed by atoms with E-state index in [1.807, 2.05) is 24.0 Å². The Morgan fingerprint density at radius 1 is 1.56 bits per heavy atom. The van der Waals surface area contributed by atoms with Gasteiger partial charge in [-0.25, -0.2) is 4.98 Å². The molecule has 1 aliphatic rings. The third-order valence-corrected chi connectivity index (χ3v) is 5.78. The van der Waals surface area contributed by atoms with Crippen molar-refractivity contribution in [3.8, 4) is 0 Å². The van der Waals surface area contributed by atoms with Crippen LogP contribution in [0.2, 0.25) is 0 Å². The van der Waals surface area contributed by atoms with Crippen molar-refractivity contribution in [1.29, 1.82) is 0 Å². The highest BCUT2D eigenvalue weighted by molar-refractivity contribution is 9.10. The Kier molecular flexibility index (Phi) is 3.80. The number of halogens is 1. The van der Waals surface area contributed by atoms with Gasteiger partial charge in [-0.3, -0.25) is 0 Å². The summed E-state index contributed by atoms with van der Waals surface area (Å²) in [6.07, 6.45) is 8.08. The molecule has 2 rings (SSSR count). The SMILES string of the molecule is CSC1(CNc2nccc(C)c2Br)CCC1. The van der Waals surface area contributed by atoms with Gasteiger partial charge in [0.2, 0.25) is 0 Å². The first kappa shape index (κ1) is 12.2. The highest BCUT2D eigenvalue weighted by Crippen LogP contribution is 2.42. The largest absolute Gasteiger partial charge is 0.368 e. The Morgan fingerprint density at radius 2 is 2.31 bits per heavy atom. The summed E-state index contributed by atoms with van der Waals surface area (Å²) >= 11 is 5.56. The number of hydrogen-bond donors (Lipinski definition) is 1. The topological polar surface area (TPSA) is 24.9 Å². The molecule has 1 N–H and O–H groups in total. The number of pyridine rings is 1. The van der Waals surface area contributed by atoms with Crippen LogP contribution >= 0.6 is 27.7 Å². The molecule has 0 unspecified atom stereocenters. The van der Waals surface area contributed by atoms with Gasteiger partial charge >= 0.3 is 0 Å². The zero-order valence-electron chi connectivity index (χ0n) is 9.72. The van der Waals surface area contributed by atoms with Gasteiger partial charge < -0.3 is 5.32 Å². The van der Waals surface area contributed by atoms with Crippen LogP contribution in [-0.4, -0.2) is 22.5 Å². The van der Waals surface area contributed by atoms with E-state index < -0.39 is 0 Å². The van der Waals surface area contributed by atoms with Crippen LogP contribution in [0, 0.1) is 6.92 Å². The van der Waals surface area contributed by atoms with Gasteiger partial charge in [-0.2, -0.15) is 11.8 Å². The van der Waals surface area contributed by atoms with Crippen LogP contribution in [0.3, 0.4) is 0 Å². The second kappa shape index (κ2) is 4.96. The summed E-state index contributed by atoms with van der Waals surface area (Å²) in [4.78, 5) is 4.37. The van der Waals surface area contributed by atoms with Crippen LogP contribution < -0.4 is 5.32 Å². The van der Waals surface area contributed by atoms with Crippen molar-refractivity contribution in [2.75, 3.05) is 18.1 Å². The Hall–Kier alpha value is -0.220. The average molecular weight is 301 g/mol. The van der Waals surface area contributed by atoms with Gasteiger partial charge in [-0.15, -0.1) is 0 Å². The molecule has 0 atom stereocenters. The number of anilines is 1. The van der Waals surface area contributed by atoms with E-state index in [4.69, 9.17) is 0 Å². The van der Waals surface area contributed by atoms with E-state index >= 15 is 0 Å². The minimum atomic E-state index is 0.449. The number of nitrogens with zero attached hydrogens (tertiary/aromatic N) is 1. The van der Waals surface area contributed by atoms with Gasteiger partial charge in [-0.05, 0) is 53.6 Å². The van der Waals surface area contributed by atoms with Crippen LogP contribution in [0.25, 0.3) is 0 Å². The van der Waals surface area contributed by atoms with Crippen LogP contribution in [-0.2, 0) is 0 Å². The fraction of sp³-hybridized carbons (Fsp3) is 0.583. The molecule has 16 heavy (non-hydrogen) atoms. The molecule has 0 aromatic carbocycles. The minimum Gasteiger partial charge on any atom is -0.368 e. The second-order valence-electron chi connectivity index (χ2n) is 4.38. The molecule has 88 valence electrons. The lowest BCUT2D eigenvalue weighted by molar-refractivity contribution is 0.379. The Balaban J connectivity index is 2.02. The molecule has 0 bridgehead atoms. The lowest BCUT2D eigenvalue weighted by Crippen LogP contribution is -2.40. The van der Waals surface area contributed by atoms with Crippen LogP contribution in [0.1, 0.15) is 24.8 Å². The molecular formula is C12H17BrN2S. The van der Waals surface area contributed by atoms with Crippen molar-refractivity contribution >= 4 is 33.5 Å². The summed E-state index contributed by atoms with van der Waals surface area (Å²) in [5.74, 6) is 0.973. The second-order valence-corrected chi connectivity index (χ2v) is 6.45. The minimum absolute atomic E-state index is 0.449. The highest BCUT2D eigenvalue weighted by Gasteiger charge is 2.35. The first-order valence-electron chi connectivity index (χ1n) is 5.57. The first-order valence-corrected chi connectivity index (χ1v) is 7.59. The van der Waals surface area contributed by atoms with E-state index in [0.717, 1.165) is 16.8 Å². The molecule has 1 aromatic rings. The Morgan fingerprint density at radius 3 is 2.88 bits per heavy atom. The van der Waals surface area contributed by atoms with Crippen molar-refractivity contribution in [2.24, 2.45) is 0 Å². The molecule has 1 heterocycles. The molecule has 2 nitrogen and oxygen atoms in total. The molecule has 0 aliphatic heterocycles. The zero-order valence-corrected chi connectivity index (χ0v) is 12.1. The third kappa shape index (κ3) is 2.38. The fourth-order valence-corrected chi connectivity index (χ4v) is 3.22. The quantitative estimate of drug-likeness (QED) is 0.914. The van der Waals surface area contributed by atoms with Crippen LogP contribution in [0.15, 0.2) is 16.7 Å². The third-order valence-electron chi connectivity index (χ3n) is 3.36. The normalized spacial score (nSPS) is 17.9. The van der Waals surface area contributed by atoms with Gasteiger partial charge in [0, 0.05) is 17.5 Å². The van der Waals surface area contributed by atoms with Crippen LogP contribution in [0.5, 0.6) is 0 Å². The molecule has 4 heteroatoms. The lowest BCUT2D eigenvalue weighted by Gasteiger charge is -2.40. The Labute approximate surface area is 110 Å². The fourth-order valence-electron chi connectivity index (χ4n) is 1.93. The number of hydrogen-bond acceptors (Lipinski definition) is 3. The zero-order chi connectivity index (χ0) is 11.6. The van der Waals surface area contributed by atoms with Crippen molar-refractivity contribution < 1.29 is 0 Å². The van der Waals surface area contributed by atoms with Gasteiger partial charge in [0.05, 0.1) is 4.47 Å². The maximum atomic E-state index is 4.37. The number of thioether (sulfide) groups is 1. The van der Waals surface area contributed by atoms with E-state index in [0.29, 0.717) is 4.75 Å². The van der Waals surface area contributed by atoms with Crippen molar-refractivity contribution in [1.82, 2.24) is 4.98 Å². The first-order chi connectivity index (χ1) is 7.67. The molecule has 0 radical (unpaired) electrons. The Bertz CT molecular complexity index is 372. The van der Waals surface area contributed by atoms with Gasteiger partial charge in [-0.1, -0.05) is 6.42 Å². The number of aromatic nitrogens is 1. The maximum Gasteiger partial charge on any atom is 0.140 e. The van der Waals surface area contributed by atoms with E-state index in [1.54, 1.807) is 0 Å². The highest BCUT2D eigenvalue weighted by atomic mass is 79.9. The van der Waals surface area contributed by atoms with Crippen molar-refractivity contribution in [3.05, 3.63) is 22.3 Å². The molecule has 1 saturated carbocycles. The van der Waals surface area contributed by atoms with Gasteiger partial charge in [0.15, 0.2) is 0 Å². The van der Waals surface area contributed by atoms with E-state index in [9.17, 15) is 0 Å². The summed E-state index contributed by atoms with van der Waals surface area (Å²) in [6, 6.07) is 2.02. The summed E-state index contributed by atoms with van der Waals surface area (Å²) in [5.41, 5.74) is 1.23. The number of aryl methyl sites for hydroxylation is 1. The van der Waals surface area contributed by atoms with E-state index in [1.165, 1.54) is 24.8 Å². The van der Waals surface area contributed by atoms with E-state index in [2.05, 4.69) is 39.4 Å². The lowest BCUT2D eigenvalue weighted by atomic mass is 9.84. The molecule has 0 amide bonds. The summed E-state index contributed by atoms with van der Waals surface area (Å²) < 4.78 is 1.54. The predicted molar refractivity (Wildman–Crippen MR) is 75.3 cm³/mol. The molecular weight excluding hydrogens is 284 g/mol. The average Bonchev–Trinajstić information content (AvgIpc) is 2.23. The monoisotopic (exact) mass is 300 g/mol. The summed E-state index contributed by atoms with van der Waals surface area (Å²) in [7, 11) is 0. The molecule has 0 saturated heterocycles. The smallest absolute Gasteiger partial charge is 0.140 e. The van der Waals surface area contributed by atoms with Gasteiger partial charge in [0.1, 0.15) is 5.82 Å². The summed E-state index contributed by atoms with van der Waals surface area (Å²) in [5, 5.41) is 3.47. The molecule has 1 aromatic heterocycles. The molecule has 1 fully saturated rings. The van der Waals surface area contributed by atoms with Crippen molar-refractivity contribution in [2.45, 2.75) is 30.9 Å². The standard InChI is InChI=1S/C12H17BrN2S/c1-9-4-7-14-11(10(9)13)15-8-12(16-2)5-3-6-12/h4,7H,3,5-6,8H2,1-2H3,(H,14,15). The molecule has 0 spiro atoms. The number of nitrogens with one attached hydrogen (secondary N) is 1. The maximum absolute atomic E-state index is 4.37. The van der Waals surface area contributed by atoms with Crippen LogP contribution in [0.4, 0.5) is 5.82 Å². The predicted octanol–water partition coefficient (Wildman–Crippen LogP) is 3.85. The summed E-state index contributed by atoms with van der Waals surface area (Å²) in [6.45, 7) is 3.11. The van der Waals surface area contributed by atoms with Gasteiger partial charge in [0.25, 0.3) is 0 Å².